The highest BCUT2D eigenvalue weighted by Crippen LogP contribution is 2.39. The van der Waals surface area contributed by atoms with Crippen LogP contribution >= 0.6 is 11.3 Å². The Kier molecular flexibility index (Phi) is 8.06. The second-order valence-corrected chi connectivity index (χ2v) is 9.02. The van der Waals surface area contributed by atoms with Gasteiger partial charge in [0.05, 0.1) is 12.5 Å². The van der Waals surface area contributed by atoms with E-state index in [2.05, 4.69) is 0 Å². The maximum atomic E-state index is 12.3. The van der Waals surface area contributed by atoms with Gasteiger partial charge in [0.25, 0.3) is 0 Å². The first kappa shape index (κ1) is 23.5. The van der Waals surface area contributed by atoms with Crippen LogP contribution in [0.25, 0.3) is 0 Å². The Labute approximate surface area is 192 Å². The summed E-state index contributed by atoms with van der Waals surface area (Å²) in [6.45, 7) is 6.09. The summed E-state index contributed by atoms with van der Waals surface area (Å²) in [4.78, 5) is 25.8. The van der Waals surface area contributed by atoms with Crippen molar-refractivity contribution < 1.29 is 24.2 Å². The van der Waals surface area contributed by atoms with Gasteiger partial charge in [-0.3, -0.25) is 4.79 Å². The molecule has 5 nitrogen and oxygen atoms in total. The van der Waals surface area contributed by atoms with Gasteiger partial charge < -0.3 is 14.6 Å². The largest absolute Gasteiger partial charge is 0.481 e. The van der Waals surface area contributed by atoms with E-state index in [4.69, 9.17) is 9.47 Å². The fraction of sp³-hybridized carbons (Fsp3) is 0.308. The molecule has 0 aliphatic rings. The first-order chi connectivity index (χ1) is 15.4. The number of carboxylic acids is 1. The molecule has 2 atom stereocenters. The number of hydrogen-bond donors (Lipinski definition) is 1. The van der Waals surface area contributed by atoms with Crippen molar-refractivity contribution >= 4 is 23.3 Å². The highest BCUT2D eigenvalue weighted by Gasteiger charge is 2.33. The van der Waals surface area contributed by atoms with E-state index in [0.717, 1.165) is 16.2 Å². The number of para-hydroxylation sites is 1. The standard InChI is InChI=1S/C26H28O5S/c1-4-30-26(29)23-14-13-22(32-23)24(17(2)3)21(25(27)28)16-18-9-8-12-20(15-18)31-19-10-6-5-7-11-19/h5-15,17,21,24H,4,16H2,1-3H3,(H,27,28). The van der Waals surface area contributed by atoms with Gasteiger partial charge in [0, 0.05) is 10.8 Å². The Bertz CT molecular complexity index is 1040. The molecular formula is C26H28O5S. The zero-order valence-corrected chi connectivity index (χ0v) is 19.3. The van der Waals surface area contributed by atoms with Gasteiger partial charge in [-0.05, 0) is 61.2 Å². The van der Waals surface area contributed by atoms with Crippen molar-refractivity contribution in [3.8, 4) is 11.5 Å². The van der Waals surface area contributed by atoms with Crippen LogP contribution in [0.1, 0.15) is 46.8 Å². The van der Waals surface area contributed by atoms with Crippen LogP contribution < -0.4 is 4.74 Å². The Balaban J connectivity index is 1.84. The number of benzene rings is 2. The van der Waals surface area contributed by atoms with Crippen molar-refractivity contribution in [2.24, 2.45) is 11.8 Å². The maximum Gasteiger partial charge on any atom is 0.348 e. The van der Waals surface area contributed by atoms with Gasteiger partial charge >= 0.3 is 11.9 Å². The summed E-state index contributed by atoms with van der Waals surface area (Å²) < 4.78 is 11.0. The SMILES string of the molecule is CCOC(=O)c1ccc(C(C(C)C)C(Cc2cccc(Oc3ccccc3)c2)C(=O)O)s1. The first-order valence-corrected chi connectivity index (χ1v) is 11.5. The van der Waals surface area contributed by atoms with Crippen molar-refractivity contribution in [2.75, 3.05) is 6.61 Å². The lowest BCUT2D eigenvalue weighted by atomic mass is 9.79. The van der Waals surface area contributed by atoms with E-state index >= 15 is 0 Å². The number of hydrogen-bond acceptors (Lipinski definition) is 5. The molecule has 32 heavy (non-hydrogen) atoms. The summed E-state index contributed by atoms with van der Waals surface area (Å²) in [5.41, 5.74) is 0.888. The molecule has 0 fully saturated rings. The third-order valence-corrected chi connectivity index (χ3v) is 6.40. The fourth-order valence-corrected chi connectivity index (χ4v) is 5.06. The number of carboxylic acid groups (broad SMARTS) is 1. The van der Waals surface area contributed by atoms with E-state index in [0.29, 0.717) is 23.7 Å². The van der Waals surface area contributed by atoms with E-state index in [1.54, 1.807) is 13.0 Å². The molecule has 1 N–H and O–H groups in total. The lowest BCUT2D eigenvalue weighted by Gasteiger charge is -2.27. The summed E-state index contributed by atoms with van der Waals surface area (Å²) in [6.07, 6.45) is 0.358. The van der Waals surface area contributed by atoms with Gasteiger partial charge in [0.1, 0.15) is 16.4 Å². The molecule has 0 radical (unpaired) electrons. The molecule has 0 spiro atoms. The minimum Gasteiger partial charge on any atom is -0.481 e. The maximum absolute atomic E-state index is 12.3. The van der Waals surface area contributed by atoms with Gasteiger partial charge in [-0.25, -0.2) is 4.79 Å². The van der Waals surface area contributed by atoms with Gasteiger partial charge in [0.15, 0.2) is 0 Å². The molecule has 6 heteroatoms. The molecule has 168 valence electrons. The number of thiophene rings is 1. The van der Waals surface area contributed by atoms with Gasteiger partial charge in [-0.15, -0.1) is 11.3 Å². The zero-order chi connectivity index (χ0) is 23.1. The summed E-state index contributed by atoms with van der Waals surface area (Å²) >= 11 is 1.32. The average molecular weight is 453 g/mol. The molecule has 0 aliphatic heterocycles. The monoisotopic (exact) mass is 452 g/mol. The minimum atomic E-state index is -0.857. The summed E-state index contributed by atoms with van der Waals surface area (Å²) in [5, 5.41) is 10.1. The quantitative estimate of drug-likeness (QED) is 0.360. The fourth-order valence-electron chi connectivity index (χ4n) is 3.82. The second kappa shape index (κ2) is 11.0. The van der Waals surface area contributed by atoms with Crippen LogP contribution in [0.2, 0.25) is 0 Å². The van der Waals surface area contributed by atoms with Crippen LogP contribution in [0.5, 0.6) is 11.5 Å². The van der Waals surface area contributed by atoms with Gasteiger partial charge in [-0.2, -0.15) is 0 Å². The molecule has 3 aromatic rings. The number of ether oxygens (including phenoxy) is 2. The topological polar surface area (TPSA) is 72.8 Å². The Hall–Kier alpha value is -3.12. The summed E-state index contributed by atoms with van der Waals surface area (Å²) in [6, 6.07) is 20.6. The molecular weight excluding hydrogens is 424 g/mol. The molecule has 1 aromatic heterocycles. The van der Waals surface area contributed by atoms with Crippen LogP contribution in [-0.4, -0.2) is 23.7 Å². The van der Waals surface area contributed by atoms with Crippen LogP contribution in [0.3, 0.4) is 0 Å². The van der Waals surface area contributed by atoms with E-state index in [-0.39, 0.29) is 17.8 Å². The Morgan fingerprint density at radius 1 is 0.969 bits per heavy atom. The third-order valence-electron chi connectivity index (χ3n) is 5.23. The van der Waals surface area contributed by atoms with Gasteiger partial charge in [-0.1, -0.05) is 44.2 Å². The molecule has 2 unspecified atom stereocenters. The van der Waals surface area contributed by atoms with E-state index < -0.39 is 11.9 Å². The van der Waals surface area contributed by atoms with Gasteiger partial charge in [0.2, 0.25) is 0 Å². The lowest BCUT2D eigenvalue weighted by molar-refractivity contribution is -0.143. The van der Waals surface area contributed by atoms with E-state index in [1.165, 1.54) is 11.3 Å². The molecule has 0 saturated heterocycles. The third kappa shape index (κ3) is 5.98. The normalized spacial score (nSPS) is 12.9. The number of carbonyl (C=O) groups is 2. The predicted octanol–water partition coefficient (Wildman–Crippen LogP) is 6.40. The first-order valence-electron chi connectivity index (χ1n) is 10.7. The average Bonchev–Trinajstić information content (AvgIpc) is 3.24. The number of carbonyl (C=O) groups excluding carboxylic acids is 1. The van der Waals surface area contributed by atoms with E-state index in [1.807, 2.05) is 74.5 Å². The molecule has 0 bridgehead atoms. The second-order valence-electron chi connectivity index (χ2n) is 7.90. The lowest BCUT2D eigenvalue weighted by Crippen LogP contribution is -2.27. The van der Waals surface area contributed by atoms with Crippen molar-refractivity contribution in [3.63, 3.8) is 0 Å². The summed E-state index contributed by atoms with van der Waals surface area (Å²) in [5.74, 6) is -0.638. The van der Waals surface area contributed by atoms with Crippen molar-refractivity contribution in [1.82, 2.24) is 0 Å². The number of rotatable bonds is 10. The van der Waals surface area contributed by atoms with Crippen LogP contribution in [0.15, 0.2) is 66.7 Å². The molecule has 0 saturated carbocycles. The van der Waals surface area contributed by atoms with Crippen molar-refractivity contribution in [3.05, 3.63) is 82.0 Å². The highest BCUT2D eigenvalue weighted by molar-refractivity contribution is 7.14. The van der Waals surface area contributed by atoms with Crippen LogP contribution in [0.4, 0.5) is 0 Å². The highest BCUT2D eigenvalue weighted by atomic mass is 32.1. The smallest absolute Gasteiger partial charge is 0.348 e. The summed E-state index contributed by atoms with van der Waals surface area (Å²) in [7, 11) is 0. The Morgan fingerprint density at radius 2 is 1.69 bits per heavy atom. The molecule has 0 amide bonds. The van der Waals surface area contributed by atoms with Crippen LogP contribution in [0, 0.1) is 11.8 Å². The van der Waals surface area contributed by atoms with Crippen molar-refractivity contribution in [1.29, 1.82) is 0 Å². The molecule has 2 aromatic carbocycles. The Morgan fingerprint density at radius 3 is 2.34 bits per heavy atom. The number of aliphatic carboxylic acids is 1. The molecule has 0 aliphatic carbocycles. The van der Waals surface area contributed by atoms with Crippen molar-refractivity contribution in [2.45, 2.75) is 33.1 Å². The molecule has 1 heterocycles. The number of esters is 1. The van der Waals surface area contributed by atoms with E-state index in [9.17, 15) is 14.7 Å². The molecule has 3 rings (SSSR count). The predicted molar refractivity (Wildman–Crippen MR) is 126 cm³/mol. The zero-order valence-electron chi connectivity index (χ0n) is 18.5. The van der Waals surface area contributed by atoms with Crippen LogP contribution in [-0.2, 0) is 16.0 Å². The minimum absolute atomic E-state index is 0.0774.